The Morgan fingerprint density at radius 1 is 0.500 bits per heavy atom. The van der Waals surface area contributed by atoms with Gasteiger partial charge in [-0.15, -0.1) is 0 Å². The van der Waals surface area contributed by atoms with Crippen LogP contribution in [0.25, 0.3) is 0 Å². The van der Waals surface area contributed by atoms with Crippen LogP contribution in [0.5, 0.6) is 0 Å². The summed E-state index contributed by atoms with van der Waals surface area (Å²) >= 11 is 0. The molecule has 5 amide bonds. The van der Waals surface area contributed by atoms with Crippen LogP contribution in [0, 0.1) is 23.7 Å². The van der Waals surface area contributed by atoms with Gasteiger partial charge in [-0.2, -0.15) is 0 Å². The molecule has 10 nitrogen and oxygen atoms in total. The Labute approximate surface area is 225 Å². The lowest BCUT2D eigenvalue weighted by Gasteiger charge is -2.19. The first-order valence-electron chi connectivity index (χ1n) is 14.5. The lowest BCUT2D eigenvalue weighted by molar-refractivity contribution is -0.133. The number of hydrogen-bond donors (Lipinski definition) is 4. The molecule has 0 saturated heterocycles. The van der Waals surface area contributed by atoms with Crippen LogP contribution in [0.4, 0.5) is 0 Å². The first kappa shape index (κ1) is 28.4. The molecule has 0 spiro atoms. The molecule has 4 rings (SSSR count). The van der Waals surface area contributed by atoms with E-state index in [2.05, 4.69) is 21.3 Å². The van der Waals surface area contributed by atoms with E-state index in [1.165, 1.54) is 6.92 Å². The molecule has 4 fully saturated rings. The number of carbonyl (C=O) groups excluding carboxylic acids is 5. The van der Waals surface area contributed by atoms with E-state index in [1.54, 1.807) is 19.0 Å². The van der Waals surface area contributed by atoms with Gasteiger partial charge in [0, 0.05) is 68.9 Å². The highest BCUT2D eigenvalue weighted by Gasteiger charge is 2.38. The van der Waals surface area contributed by atoms with Crippen molar-refractivity contribution in [1.82, 2.24) is 26.2 Å². The fourth-order valence-electron chi connectivity index (χ4n) is 7.00. The predicted molar refractivity (Wildman–Crippen MR) is 141 cm³/mol. The third kappa shape index (κ3) is 7.26. The van der Waals surface area contributed by atoms with Crippen molar-refractivity contribution in [3.8, 4) is 0 Å². The monoisotopic (exact) mass is 531 g/mol. The summed E-state index contributed by atoms with van der Waals surface area (Å²) in [4.78, 5) is 63.6. The van der Waals surface area contributed by atoms with E-state index in [9.17, 15) is 24.0 Å². The summed E-state index contributed by atoms with van der Waals surface area (Å²) < 4.78 is 0. The Hall–Kier alpha value is -2.65. The van der Waals surface area contributed by atoms with Crippen molar-refractivity contribution < 1.29 is 24.0 Å². The predicted octanol–water partition coefficient (Wildman–Crippen LogP) is 1.23. The first-order chi connectivity index (χ1) is 18.1. The van der Waals surface area contributed by atoms with Crippen LogP contribution in [0.15, 0.2) is 0 Å². The van der Waals surface area contributed by atoms with E-state index >= 15 is 0 Å². The van der Waals surface area contributed by atoms with Gasteiger partial charge in [-0.1, -0.05) is 0 Å². The number of amides is 5. The Balaban J connectivity index is 1.14. The summed E-state index contributed by atoms with van der Waals surface area (Å²) in [6.45, 7) is 1.50. The molecule has 0 heterocycles. The molecule has 4 N–H and O–H groups in total. The minimum atomic E-state index is -0.117. The van der Waals surface area contributed by atoms with Crippen LogP contribution in [-0.2, 0) is 24.0 Å². The van der Waals surface area contributed by atoms with Gasteiger partial charge >= 0.3 is 0 Å². The van der Waals surface area contributed by atoms with Gasteiger partial charge < -0.3 is 26.2 Å². The van der Waals surface area contributed by atoms with Gasteiger partial charge in [0.05, 0.1) is 0 Å². The fourth-order valence-corrected chi connectivity index (χ4v) is 7.00. The lowest BCUT2D eigenvalue weighted by Crippen LogP contribution is -2.41. The number of hydrogen-bond acceptors (Lipinski definition) is 5. The minimum absolute atomic E-state index is 0.00253. The highest BCUT2D eigenvalue weighted by atomic mass is 16.2. The van der Waals surface area contributed by atoms with Crippen LogP contribution in [0.3, 0.4) is 0 Å². The Kier molecular flexibility index (Phi) is 9.31. The number of carbonyl (C=O) groups is 5. The second-order valence-corrected chi connectivity index (χ2v) is 12.3. The van der Waals surface area contributed by atoms with Crippen molar-refractivity contribution in [2.45, 2.75) is 108 Å². The van der Waals surface area contributed by atoms with Gasteiger partial charge in [0.25, 0.3) is 0 Å². The summed E-state index contributed by atoms with van der Waals surface area (Å²) in [6.07, 6.45) is 9.00. The minimum Gasteiger partial charge on any atom is -0.354 e. The van der Waals surface area contributed by atoms with Gasteiger partial charge in [0.1, 0.15) is 0 Å². The largest absolute Gasteiger partial charge is 0.354 e. The molecule has 0 bridgehead atoms. The van der Waals surface area contributed by atoms with Crippen molar-refractivity contribution in [3.63, 3.8) is 0 Å². The van der Waals surface area contributed by atoms with Crippen LogP contribution in [-0.4, -0.2) is 72.7 Å². The molecule has 0 aliphatic heterocycles. The third-order valence-electron chi connectivity index (χ3n) is 9.08. The maximum Gasteiger partial charge on any atom is 0.225 e. The van der Waals surface area contributed by atoms with Crippen LogP contribution in [0.1, 0.15) is 84.0 Å². The zero-order chi connectivity index (χ0) is 27.4. The molecule has 0 aromatic heterocycles. The van der Waals surface area contributed by atoms with Crippen molar-refractivity contribution in [2.24, 2.45) is 23.7 Å². The summed E-state index contributed by atoms with van der Waals surface area (Å²) in [5, 5.41) is 12.4. The van der Waals surface area contributed by atoms with Gasteiger partial charge in [-0.3, -0.25) is 24.0 Å². The summed E-state index contributed by atoms with van der Waals surface area (Å²) in [5.74, 6) is -0.131. The van der Waals surface area contributed by atoms with Crippen LogP contribution >= 0.6 is 0 Å². The maximum atomic E-state index is 12.9. The second kappa shape index (κ2) is 12.5. The molecular weight excluding hydrogens is 486 g/mol. The second-order valence-electron chi connectivity index (χ2n) is 12.3. The molecule has 212 valence electrons. The molecule has 0 aromatic carbocycles. The van der Waals surface area contributed by atoms with Gasteiger partial charge in [0.2, 0.25) is 29.5 Å². The molecule has 8 atom stereocenters. The average molecular weight is 532 g/mol. The maximum absolute atomic E-state index is 12.9. The Morgan fingerprint density at radius 2 is 0.816 bits per heavy atom. The van der Waals surface area contributed by atoms with Crippen molar-refractivity contribution >= 4 is 29.5 Å². The number of nitrogens with zero attached hydrogens (tertiary/aromatic N) is 1. The molecule has 0 radical (unpaired) electrons. The average Bonchev–Trinajstić information content (AvgIpc) is 3.65. The number of nitrogens with one attached hydrogen (secondary N) is 4. The standard InChI is InChI=1S/C28H45N5O5/c1-16(34)29-21-8-4-17(12-21)25(35)30-22-9-5-18(13-22)26(36)31-23-10-6-19(14-23)27(37)32-24-11-7-20(15-24)28(38)33(2)3/h17-24H,4-15H2,1-3H3,(H,29,34)(H,30,35)(H,31,36)(H,32,37)/t17-,18+,19-,20-,21-,22-,23+,24-/m0/s1. The Morgan fingerprint density at radius 3 is 1.16 bits per heavy atom. The van der Waals surface area contributed by atoms with E-state index in [-0.39, 0.29) is 77.4 Å². The topological polar surface area (TPSA) is 137 Å². The number of rotatable bonds is 8. The zero-order valence-electron chi connectivity index (χ0n) is 23.1. The summed E-state index contributed by atoms with van der Waals surface area (Å²) in [5.41, 5.74) is 0. The van der Waals surface area contributed by atoms with Crippen LogP contribution < -0.4 is 21.3 Å². The molecule has 4 saturated carbocycles. The summed E-state index contributed by atoms with van der Waals surface area (Å²) in [6, 6.07) is 0.138. The molecule has 38 heavy (non-hydrogen) atoms. The molecule has 10 heteroatoms. The molecule has 4 aliphatic carbocycles. The summed E-state index contributed by atoms with van der Waals surface area (Å²) in [7, 11) is 3.54. The smallest absolute Gasteiger partial charge is 0.225 e. The van der Waals surface area contributed by atoms with E-state index < -0.39 is 0 Å². The molecule has 0 unspecified atom stereocenters. The van der Waals surface area contributed by atoms with Crippen molar-refractivity contribution in [2.75, 3.05) is 14.1 Å². The van der Waals surface area contributed by atoms with Gasteiger partial charge in [-0.05, 0) is 77.0 Å². The fraction of sp³-hybridized carbons (Fsp3) is 0.821. The highest BCUT2D eigenvalue weighted by molar-refractivity contribution is 5.83. The van der Waals surface area contributed by atoms with Gasteiger partial charge in [-0.25, -0.2) is 0 Å². The zero-order valence-corrected chi connectivity index (χ0v) is 23.1. The van der Waals surface area contributed by atoms with E-state index in [1.807, 2.05) is 0 Å². The quantitative estimate of drug-likeness (QED) is 0.374. The molecular formula is C28H45N5O5. The SMILES string of the molecule is CC(=O)N[C@H]1CC[C@H](C(=O)N[C@H]2CC[C@@H](C(=O)N[C@@H]3CC[C@H](C(=O)N[C@H]4CC[C@H](C(=O)N(C)C)C4)C3)C2)C1. The van der Waals surface area contributed by atoms with E-state index in [0.717, 1.165) is 51.4 Å². The molecule has 4 aliphatic rings. The van der Waals surface area contributed by atoms with Gasteiger partial charge in [0.15, 0.2) is 0 Å². The van der Waals surface area contributed by atoms with Crippen molar-refractivity contribution in [1.29, 1.82) is 0 Å². The first-order valence-corrected chi connectivity index (χ1v) is 14.5. The van der Waals surface area contributed by atoms with Crippen LogP contribution in [0.2, 0.25) is 0 Å². The normalized spacial score (nSPS) is 34.5. The highest BCUT2D eigenvalue weighted by Crippen LogP contribution is 2.32. The Bertz CT molecular complexity index is 923. The lowest BCUT2D eigenvalue weighted by atomic mass is 10.0. The van der Waals surface area contributed by atoms with E-state index in [4.69, 9.17) is 0 Å². The van der Waals surface area contributed by atoms with Crippen molar-refractivity contribution in [3.05, 3.63) is 0 Å². The third-order valence-corrected chi connectivity index (χ3v) is 9.08. The molecule has 0 aromatic rings. The van der Waals surface area contributed by atoms with E-state index in [0.29, 0.717) is 25.7 Å².